The second-order valence-corrected chi connectivity index (χ2v) is 2.76. The summed E-state index contributed by atoms with van der Waals surface area (Å²) in [5.74, 6) is -0.0204. The van der Waals surface area contributed by atoms with Gasteiger partial charge in [-0.2, -0.15) is 0 Å². The molecule has 1 unspecified atom stereocenters. The van der Waals surface area contributed by atoms with Crippen molar-refractivity contribution in [2.45, 2.75) is 19.5 Å². The lowest BCUT2D eigenvalue weighted by Gasteiger charge is -2.07. The van der Waals surface area contributed by atoms with E-state index in [1.54, 1.807) is 6.92 Å². The van der Waals surface area contributed by atoms with E-state index in [1.807, 2.05) is 0 Å². The smallest absolute Gasteiger partial charge is 0.242 e. The van der Waals surface area contributed by atoms with Gasteiger partial charge < -0.3 is 15.2 Å². The Bertz CT molecular complexity index is 307. The Kier molecular flexibility index (Phi) is 1.49. The van der Waals surface area contributed by atoms with Crippen molar-refractivity contribution in [2.24, 2.45) is 0 Å². The van der Waals surface area contributed by atoms with Gasteiger partial charge in [0.15, 0.2) is 0 Å². The number of fused-ring (bicyclic) bond motifs is 1. The van der Waals surface area contributed by atoms with Crippen LogP contribution in [-0.4, -0.2) is 17.1 Å². The molecule has 2 N–H and O–H groups in total. The zero-order valence-electron chi connectivity index (χ0n) is 6.63. The molecule has 0 fully saturated rings. The van der Waals surface area contributed by atoms with Crippen molar-refractivity contribution in [3.63, 3.8) is 0 Å². The Morgan fingerprint density at radius 2 is 2.58 bits per heavy atom. The minimum atomic E-state index is -0.231. The third kappa shape index (κ3) is 1.03. The predicted octanol–water partition coefficient (Wildman–Crippen LogP) is 0.105. The second kappa shape index (κ2) is 2.51. The van der Waals surface area contributed by atoms with Crippen LogP contribution in [0.5, 0.6) is 0 Å². The number of carbonyl (C=O) groups excluding carboxylic acids is 1. The summed E-state index contributed by atoms with van der Waals surface area (Å²) in [6.07, 6.45) is 1.51. The minimum Gasteiger partial charge on any atom is -0.370 e. The highest BCUT2D eigenvalue weighted by molar-refractivity contribution is 5.85. The third-order valence-corrected chi connectivity index (χ3v) is 1.84. The fourth-order valence-corrected chi connectivity index (χ4v) is 1.13. The van der Waals surface area contributed by atoms with Crippen LogP contribution < -0.4 is 10.6 Å². The molecule has 1 aliphatic heterocycles. The van der Waals surface area contributed by atoms with Crippen LogP contribution in [0.25, 0.3) is 0 Å². The molecule has 0 spiro atoms. The fraction of sp³-hybridized carbons (Fsp3) is 0.429. The molecule has 5 heteroatoms. The second-order valence-electron chi connectivity index (χ2n) is 2.76. The van der Waals surface area contributed by atoms with E-state index in [2.05, 4.69) is 15.8 Å². The first-order valence-electron chi connectivity index (χ1n) is 3.75. The molecular weight excluding hydrogens is 158 g/mol. The van der Waals surface area contributed by atoms with Crippen molar-refractivity contribution in [1.29, 1.82) is 0 Å². The Hall–Kier alpha value is -1.52. The number of amides is 1. The lowest BCUT2D eigenvalue weighted by molar-refractivity contribution is -0.121. The summed E-state index contributed by atoms with van der Waals surface area (Å²) < 4.78 is 4.74. The highest BCUT2D eigenvalue weighted by Gasteiger charge is 2.20. The normalized spacial score (nSPS) is 22.1. The number of rotatable bonds is 0. The topological polar surface area (TPSA) is 67.2 Å². The Morgan fingerprint density at radius 3 is 3.42 bits per heavy atom. The molecule has 5 nitrogen and oxygen atoms in total. The summed E-state index contributed by atoms with van der Waals surface area (Å²) in [5.41, 5.74) is 1.54. The van der Waals surface area contributed by atoms with Crippen molar-refractivity contribution >= 4 is 11.6 Å². The van der Waals surface area contributed by atoms with Gasteiger partial charge >= 0.3 is 0 Å². The first kappa shape index (κ1) is 7.15. The van der Waals surface area contributed by atoms with Crippen LogP contribution in [0.1, 0.15) is 12.6 Å². The van der Waals surface area contributed by atoms with Gasteiger partial charge in [-0.15, -0.1) is 0 Å². The van der Waals surface area contributed by atoms with Crippen molar-refractivity contribution in [3.8, 4) is 0 Å². The summed E-state index contributed by atoms with van der Waals surface area (Å²) in [7, 11) is 0. The van der Waals surface area contributed by atoms with Gasteiger partial charge in [0.2, 0.25) is 5.91 Å². The molecule has 0 saturated carbocycles. The SMILES string of the molecule is CC1Nc2conc2CNC1=O. The molecular formula is C7H9N3O2. The number of hydrogen-bond acceptors (Lipinski definition) is 4. The average Bonchev–Trinajstić information content (AvgIpc) is 2.43. The van der Waals surface area contributed by atoms with Crippen LogP contribution in [-0.2, 0) is 11.3 Å². The van der Waals surface area contributed by atoms with Crippen LogP contribution in [0.2, 0.25) is 0 Å². The Balaban J connectivity index is 2.30. The number of nitrogens with one attached hydrogen (secondary N) is 2. The van der Waals surface area contributed by atoms with Crippen molar-refractivity contribution in [1.82, 2.24) is 10.5 Å². The van der Waals surface area contributed by atoms with Gasteiger partial charge in [0.1, 0.15) is 23.7 Å². The van der Waals surface area contributed by atoms with Gasteiger partial charge in [-0.25, -0.2) is 0 Å². The van der Waals surface area contributed by atoms with E-state index in [0.29, 0.717) is 6.54 Å². The molecule has 1 atom stereocenters. The summed E-state index contributed by atoms with van der Waals surface area (Å²) in [6, 6.07) is -0.231. The van der Waals surface area contributed by atoms with Gasteiger partial charge in [-0.1, -0.05) is 5.16 Å². The van der Waals surface area contributed by atoms with Crippen molar-refractivity contribution in [2.75, 3.05) is 5.32 Å². The largest absolute Gasteiger partial charge is 0.370 e. The van der Waals surface area contributed by atoms with Crippen LogP contribution in [0.15, 0.2) is 10.8 Å². The first-order valence-corrected chi connectivity index (χ1v) is 3.75. The fourth-order valence-electron chi connectivity index (χ4n) is 1.13. The number of nitrogens with zero attached hydrogens (tertiary/aromatic N) is 1. The molecule has 1 aliphatic rings. The molecule has 0 aliphatic carbocycles. The molecule has 64 valence electrons. The van der Waals surface area contributed by atoms with E-state index in [-0.39, 0.29) is 11.9 Å². The molecule has 1 aromatic heterocycles. The van der Waals surface area contributed by atoms with Gasteiger partial charge in [0.05, 0.1) is 6.54 Å². The molecule has 2 heterocycles. The first-order chi connectivity index (χ1) is 5.77. The van der Waals surface area contributed by atoms with Gasteiger partial charge in [-0.05, 0) is 6.92 Å². The van der Waals surface area contributed by atoms with Gasteiger partial charge in [-0.3, -0.25) is 4.79 Å². The van der Waals surface area contributed by atoms with Gasteiger partial charge in [0.25, 0.3) is 0 Å². The van der Waals surface area contributed by atoms with E-state index in [0.717, 1.165) is 11.4 Å². The maximum Gasteiger partial charge on any atom is 0.242 e. The molecule has 0 bridgehead atoms. The summed E-state index contributed by atoms with van der Waals surface area (Å²) in [4.78, 5) is 11.1. The predicted molar refractivity (Wildman–Crippen MR) is 41.4 cm³/mol. The molecule has 12 heavy (non-hydrogen) atoms. The molecule has 0 aromatic carbocycles. The maximum atomic E-state index is 11.1. The zero-order valence-corrected chi connectivity index (χ0v) is 6.63. The van der Waals surface area contributed by atoms with E-state index >= 15 is 0 Å². The Labute approximate surface area is 69.1 Å². The molecule has 1 amide bonds. The standard InChI is InChI=1S/C7H9N3O2/c1-4-7(11)8-2-5-6(9-4)3-12-10-5/h3-4,9H,2H2,1H3,(H,8,11). The number of carbonyl (C=O) groups is 1. The van der Waals surface area contributed by atoms with Crippen LogP contribution in [0, 0.1) is 0 Å². The summed E-state index contributed by atoms with van der Waals surface area (Å²) in [5, 5.41) is 9.43. The zero-order chi connectivity index (χ0) is 8.55. The molecule has 0 saturated heterocycles. The van der Waals surface area contributed by atoms with E-state index in [1.165, 1.54) is 6.26 Å². The van der Waals surface area contributed by atoms with E-state index in [9.17, 15) is 4.79 Å². The highest BCUT2D eigenvalue weighted by Crippen LogP contribution is 2.16. The van der Waals surface area contributed by atoms with E-state index in [4.69, 9.17) is 4.52 Å². The monoisotopic (exact) mass is 167 g/mol. The lowest BCUT2D eigenvalue weighted by atomic mass is 10.3. The van der Waals surface area contributed by atoms with Gasteiger partial charge in [0, 0.05) is 0 Å². The minimum absolute atomic E-state index is 0.0204. The summed E-state index contributed by atoms with van der Waals surface area (Å²) >= 11 is 0. The quantitative estimate of drug-likeness (QED) is 0.575. The van der Waals surface area contributed by atoms with Crippen LogP contribution in [0.3, 0.4) is 0 Å². The molecule has 2 rings (SSSR count). The third-order valence-electron chi connectivity index (χ3n) is 1.84. The number of aromatic nitrogens is 1. The number of hydrogen-bond donors (Lipinski definition) is 2. The Morgan fingerprint density at radius 1 is 1.75 bits per heavy atom. The number of anilines is 1. The summed E-state index contributed by atoms with van der Waals surface area (Å²) in [6.45, 7) is 2.22. The van der Waals surface area contributed by atoms with Crippen LogP contribution >= 0.6 is 0 Å². The highest BCUT2D eigenvalue weighted by atomic mass is 16.5. The van der Waals surface area contributed by atoms with E-state index < -0.39 is 0 Å². The lowest BCUT2D eigenvalue weighted by Crippen LogP contribution is -2.34. The molecule has 1 aromatic rings. The average molecular weight is 167 g/mol. The van der Waals surface area contributed by atoms with Crippen molar-refractivity contribution < 1.29 is 9.32 Å². The van der Waals surface area contributed by atoms with Crippen molar-refractivity contribution in [3.05, 3.63) is 12.0 Å². The van der Waals surface area contributed by atoms with Crippen LogP contribution in [0.4, 0.5) is 5.69 Å². The maximum absolute atomic E-state index is 11.1. The molecule has 0 radical (unpaired) electrons.